The highest BCUT2D eigenvalue weighted by molar-refractivity contribution is 5.78. The van der Waals surface area contributed by atoms with E-state index >= 15 is 0 Å². The molecule has 2 fully saturated rings. The van der Waals surface area contributed by atoms with Crippen LogP contribution in [0, 0.1) is 23.5 Å². The molecule has 2 nitrogen and oxygen atoms in total. The minimum Gasteiger partial charge on any atom is -0.487 e. The highest BCUT2D eigenvalue weighted by Crippen LogP contribution is 2.35. The summed E-state index contributed by atoms with van der Waals surface area (Å²) < 4.78 is 32.6. The Morgan fingerprint density at radius 1 is 1.03 bits per heavy atom. The number of Topliss-reactive ketones (excluding diaryl/α,β-unsaturated/α-hetero) is 1. The van der Waals surface area contributed by atoms with Crippen molar-refractivity contribution in [1.82, 2.24) is 0 Å². The van der Waals surface area contributed by atoms with E-state index in [1.807, 2.05) is 6.92 Å². The lowest BCUT2D eigenvalue weighted by atomic mass is 9.78. The van der Waals surface area contributed by atoms with E-state index in [2.05, 4.69) is 6.92 Å². The first-order chi connectivity index (χ1) is 14.0. The zero-order chi connectivity index (χ0) is 21.1. The predicted octanol–water partition coefficient (Wildman–Crippen LogP) is 7.64. The molecule has 1 aromatic rings. The largest absolute Gasteiger partial charge is 0.487 e. The number of hydrogen-bond acceptors (Lipinski definition) is 2. The molecule has 2 saturated carbocycles. The highest BCUT2D eigenvalue weighted by atomic mass is 19.2. The fraction of sp³-hybridized carbons (Fsp3) is 0.720. The monoisotopic (exact) mass is 408 g/mol. The molecule has 4 heteroatoms. The third kappa shape index (κ3) is 8.44. The Hall–Kier alpha value is -1.45. The van der Waals surface area contributed by atoms with Crippen molar-refractivity contribution in [2.45, 2.75) is 103 Å². The fourth-order valence-corrected chi connectivity index (χ4v) is 4.45. The summed E-state index contributed by atoms with van der Waals surface area (Å²) in [6, 6.07) is 4.12. The standard InChI is InChI=1S/C19H28F2O.C6H10O/c1-3-4-5-7-15-10-12-16(13-11-15)14(2)22-18-9-6-8-17(20)19(18)21;7-6-4-2-1-3-5-6/h6,8-9,14-16H,3-5,7,10-13H2,1-2H3;1-5H2. The summed E-state index contributed by atoms with van der Waals surface area (Å²) in [5, 5.41) is 0. The molecule has 0 bridgehead atoms. The minimum absolute atomic E-state index is 0.0394. The first kappa shape index (κ1) is 23.8. The predicted molar refractivity (Wildman–Crippen MR) is 114 cm³/mol. The van der Waals surface area contributed by atoms with Crippen LogP contribution in [0.5, 0.6) is 5.75 Å². The second-order valence-corrected chi connectivity index (χ2v) is 8.75. The van der Waals surface area contributed by atoms with Crippen molar-refractivity contribution in [1.29, 1.82) is 0 Å². The molecule has 0 amide bonds. The Labute approximate surface area is 175 Å². The minimum atomic E-state index is -0.873. The van der Waals surface area contributed by atoms with Crippen LogP contribution in [-0.2, 0) is 4.79 Å². The summed E-state index contributed by atoms with van der Waals surface area (Å²) in [4.78, 5) is 10.5. The molecule has 164 valence electrons. The van der Waals surface area contributed by atoms with Crippen molar-refractivity contribution >= 4 is 5.78 Å². The Bertz CT molecular complexity index is 601. The summed E-state index contributed by atoms with van der Waals surface area (Å²) >= 11 is 0. The van der Waals surface area contributed by atoms with Gasteiger partial charge in [0.1, 0.15) is 5.78 Å². The van der Waals surface area contributed by atoms with E-state index in [0.717, 1.165) is 50.5 Å². The van der Waals surface area contributed by atoms with Crippen LogP contribution in [0.2, 0.25) is 0 Å². The molecule has 3 rings (SSSR count). The quantitative estimate of drug-likeness (QED) is 0.433. The van der Waals surface area contributed by atoms with Crippen molar-refractivity contribution in [2.75, 3.05) is 0 Å². The normalized spacial score (nSPS) is 23.1. The number of carbonyl (C=O) groups excluding carboxylic acids is 1. The number of ether oxygens (including phenoxy) is 1. The molecular weight excluding hydrogens is 370 g/mol. The average Bonchev–Trinajstić information content (AvgIpc) is 2.73. The molecule has 1 aromatic carbocycles. The molecule has 0 radical (unpaired) electrons. The van der Waals surface area contributed by atoms with Gasteiger partial charge < -0.3 is 4.74 Å². The third-order valence-corrected chi connectivity index (χ3v) is 6.41. The van der Waals surface area contributed by atoms with Gasteiger partial charge in [-0.25, -0.2) is 4.39 Å². The molecule has 0 aliphatic heterocycles. The van der Waals surface area contributed by atoms with Gasteiger partial charge >= 0.3 is 0 Å². The van der Waals surface area contributed by atoms with Crippen LogP contribution >= 0.6 is 0 Å². The van der Waals surface area contributed by atoms with Crippen LogP contribution in [0.3, 0.4) is 0 Å². The molecule has 2 aliphatic rings. The number of benzene rings is 1. The number of ketones is 1. The summed E-state index contributed by atoms with van der Waals surface area (Å²) in [6.45, 7) is 4.22. The Morgan fingerprint density at radius 2 is 1.72 bits per heavy atom. The first-order valence-corrected chi connectivity index (χ1v) is 11.6. The average molecular weight is 409 g/mol. The number of carbonyl (C=O) groups is 1. The molecule has 0 aromatic heterocycles. The first-order valence-electron chi connectivity index (χ1n) is 11.6. The second kappa shape index (κ2) is 13.0. The molecule has 0 heterocycles. The fourth-order valence-electron chi connectivity index (χ4n) is 4.45. The van der Waals surface area contributed by atoms with Gasteiger partial charge in [0.2, 0.25) is 5.82 Å². The lowest BCUT2D eigenvalue weighted by Gasteiger charge is -2.32. The molecule has 1 atom stereocenters. The number of rotatable bonds is 7. The maximum atomic E-state index is 13.7. The van der Waals surface area contributed by atoms with Crippen LogP contribution in [-0.4, -0.2) is 11.9 Å². The third-order valence-electron chi connectivity index (χ3n) is 6.41. The van der Waals surface area contributed by atoms with Crippen molar-refractivity contribution in [3.63, 3.8) is 0 Å². The maximum absolute atomic E-state index is 13.7. The van der Waals surface area contributed by atoms with E-state index in [1.54, 1.807) is 0 Å². The lowest BCUT2D eigenvalue weighted by molar-refractivity contribution is -0.120. The van der Waals surface area contributed by atoms with Gasteiger partial charge in [0, 0.05) is 12.8 Å². The van der Waals surface area contributed by atoms with Gasteiger partial charge in [0.15, 0.2) is 11.6 Å². The molecule has 29 heavy (non-hydrogen) atoms. The molecule has 0 saturated heterocycles. The van der Waals surface area contributed by atoms with Crippen molar-refractivity contribution in [2.24, 2.45) is 11.8 Å². The molecular formula is C25H38F2O2. The van der Waals surface area contributed by atoms with Crippen LogP contribution in [0.15, 0.2) is 18.2 Å². The van der Waals surface area contributed by atoms with E-state index in [-0.39, 0.29) is 11.9 Å². The van der Waals surface area contributed by atoms with Crippen molar-refractivity contribution < 1.29 is 18.3 Å². The van der Waals surface area contributed by atoms with Crippen molar-refractivity contribution in [3.05, 3.63) is 29.8 Å². The van der Waals surface area contributed by atoms with E-state index in [4.69, 9.17) is 4.74 Å². The van der Waals surface area contributed by atoms with E-state index in [1.165, 1.54) is 57.1 Å². The summed E-state index contributed by atoms with van der Waals surface area (Å²) in [5.74, 6) is 0.0850. The number of halogens is 2. The van der Waals surface area contributed by atoms with Gasteiger partial charge in [0.05, 0.1) is 6.10 Å². The van der Waals surface area contributed by atoms with Gasteiger partial charge in [-0.05, 0) is 56.6 Å². The summed E-state index contributed by atoms with van der Waals surface area (Å²) in [5.41, 5.74) is 0. The van der Waals surface area contributed by atoms with Gasteiger partial charge in [-0.15, -0.1) is 0 Å². The van der Waals surface area contributed by atoms with E-state index < -0.39 is 11.6 Å². The molecule has 2 aliphatic carbocycles. The number of hydrogen-bond donors (Lipinski definition) is 0. The smallest absolute Gasteiger partial charge is 0.200 e. The van der Waals surface area contributed by atoms with Gasteiger partial charge in [-0.2, -0.15) is 4.39 Å². The van der Waals surface area contributed by atoms with E-state index in [0.29, 0.717) is 11.7 Å². The van der Waals surface area contributed by atoms with Crippen LogP contribution in [0.4, 0.5) is 8.78 Å². The van der Waals surface area contributed by atoms with Crippen molar-refractivity contribution in [3.8, 4) is 5.75 Å². The molecule has 1 unspecified atom stereocenters. The number of unbranched alkanes of at least 4 members (excludes halogenated alkanes) is 2. The maximum Gasteiger partial charge on any atom is 0.200 e. The van der Waals surface area contributed by atoms with Crippen LogP contribution < -0.4 is 4.74 Å². The Morgan fingerprint density at radius 3 is 2.31 bits per heavy atom. The van der Waals surface area contributed by atoms with Gasteiger partial charge in [-0.3, -0.25) is 4.79 Å². The highest BCUT2D eigenvalue weighted by Gasteiger charge is 2.26. The van der Waals surface area contributed by atoms with Crippen LogP contribution in [0.1, 0.15) is 97.3 Å². The second-order valence-electron chi connectivity index (χ2n) is 8.75. The summed E-state index contributed by atoms with van der Waals surface area (Å²) in [6.07, 6.45) is 15.2. The molecule has 0 spiro atoms. The van der Waals surface area contributed by atoms with Gasteiger partial charge in [-0.1, -0.05) is 57.9 Å². The summed E-state index contributed by atoms with van der Waals surface area (Å²) in [7, 11) is 0. The molecule has 0 N–H and O–H groups in total. The Kier molecular flexibility index (Phi) is 10.7. The zero-order valence-corrected chi connectivity index (χ0v) is 18.2. The van der Waals surface area contributed by atoms with Crippen LogP contribution in [0.25, 0.3) is 0 Å². The topological polar surface area (TPSA) is 26.3 Å². The SMILES string of the molecule is CCCCCC1CCC(C(C)Oc2cccc(F)c2F)CC1.O=C1CCCCC1. The zero-order valence-electron chi connectivity index (χ0n) is 18.2. The lowest BCUT2D eigenvalue weighted by Crippen LogP contribution is -2.28. The van der Waals surface area contributed by atoms with E-state index in [9.17, 15) is 13.6 Å². The van der Waals surface area contributed by atoms with Gasteiger partial charge in [0.25, 0.3) is 0 Å². The Balaban J connectivity index is 0.000000360.